The highest BCUT2D eigenvalue weighted by Gasteiger charge is 2.18. The quantitative estimate of drug-likeness (QED) is 0.461. The van der Waals surface area contributed by atoms with Gasteiger partial charge in [0.25, 0.3) is 5.89 Å². The predicted molar refractivity (Wildman–Crippen MR) is 28.5 cm³/mol. The van der Waals surface area contributed by atoms with Gasteiger partial charge in [0.2, 0.25) is 0 Å². The normalized spacial score (nSPS) is 9.20. The van der Waals surface area contributed by atoms with E-state index in [9.17, 15) is 9.59 Å². The molecule has 0 aliphatic carbocycles. The van der Waals surface area contributed by atoms with Gasteiger partial charge in [-0.3, -0.25) is 4.79 Å². The SMILES string of the molecule is O=C(O)C(=O)c1ncco1. The molecule has 0 spiro atoms. The Morgan fingerprint density at radius 3 is 2.70 bits per heavy atom. The molecule has 0 unspecified atom stereocenters. The van der Waals surface area contributed by atoms with Gasteiger partial charge in [0.05, 0.1) is 6.20 Å². The average Bonchev–Trinajstić information content (AvgIpc) is 2.36. The maximum absolute atomic E-state index is 10.4. The third-order valence-corrected chi connectivity index (χ3v) is 0.821. The number of hydrogen-bond acceptors (Lipinski definition) is 4. The van der Waals surface area contributed by atoms with Gasteiger partial charge in [0, 0.05) is 0 Å². The number of carbonyl (C=O) groups is 2. The van der Waals surface area contributed by atoms with Crippen LogP contribution in [0.1, 0.15) is 10.7 Å². The highest BCUT2D eigenvalue weighted by Crippen LogP contribution is 1.94. The largest absolute Gasteiger partial charge is 0.475 e. The van der Waals surface area contributed by atoms with Crippen molar-refractivity contribution in [2.75, 3.05) is 0 Å². The van der Waals surface area contributed by atoms with Crippen LogP contribution in [0.15, 0.2) is 16.9 Å². The molecule has 1 heterocycles. The van der Waals surface area contributed by atoms with E-state index in [1.165, 1.54) is 6.20 Å². The molecule has 5 nitrogen and oxygen atoms in total. The number of carboxylic acid groups (broad SMARTS) is 1. The highest BCUT2D eigenvalue weighted by atomic mass is 16.4. The van der Waals surface area contributed by atoms with E-state index < -0.39 is 17.6 Å². The number of aliphatic carboxylic acids is 1. The molecule has 0 fully saturated rings. The second kappa shape index (κ2) is 2.30. The predicted octanol–water partition coefficient (Wildman–Crippen LogP) is -0.0581. The highest BCUT2D eigenvalue weighted by molar-refractivity contribution is 6.38. The maximum Gasteiger partial charge on any atom is 0.382 e. The van der Waals surface area contributed by atoms with Crippen molar-refractivity contribution in [3.8, 4) is 0 Å². The summed E-state index contributed by atoms with van der Waals surface area (Å²) in [6.07, 6.45) is 2.34. The first-order chi connectivity index (χ1) is 4.72. The molecule has 0 aliphatic rings. The van der Waals surface area contributed by atoms with Crippen LogP contribution in [0, 0.1) is 0 Å². The van der Waals surface area contributed by atoms with E-state index >= 15 is 0 Å². The lowest BCUT2D eigenvalue weighted by molar-refractivity contribution is -0.132. The molecule has 0 aliphatic heterocycles. The number of carboxylic acids is 1. The number of rotatable bonds is 2. The number of nitrogens with zero attached hydrogens (tertiary/aromatic N) is 1. The second-order valence-corrected chi connectivity index (χ2v) is 1.47. The Labute approximate surface area is 55.3 Å². The molecule has 0 amide bonds. The summed E-state index contributed by atoms with van der Waals surface area (Å²) in [5.74, 6) is -3.10. The lowest BCUT2D eigenvalue weighted by Gasteiger charge is -1.83. The molecule has 1 aromatic heterocycles. The van der Waals surface area contributed by atoms with E-state index in [0.29, 0.717) is 0 Å². The van der Waals surface area contributed by atoms with Crippen molar-refractivity contribution < 1.29 is 19.1 Å². The van der Waals surface area contributed by atoms with E-state index in [1.807, 2.05) is 0 Å². The molecule has 1 N–H and O–H groups in total. The van der Waals surface area contributed by atoms with Gasteiger partial charge in [-0.05, 0) is 0 Å². The van der Waals surface area contributed by atoms with Crippen molar-refractivity contribution in [1.29, 1.82) is 0 Å². The lowest BCUT2D eigenvalue weighted by Crippen LogP contribution is -2.12. The summed E-state index contributed by atoms with van der Waals surface area (Å²) in [4.78, 5) is 23.7. The molecule has 0 saturated carbocycles. The third-order valence-electron chi connectivity index (χ3n) is 0.821. The molecular formula is C5H3NO4. The number of ketones is 1. The lowest BCUT2D eigenvalue weighted by atomic mass is 10.4. The number of Topliss-reactive ketones (excluding diaryl/α,β-unsaturated/α-hetero) is 1. The summed E-state index contributed by atoms with van der Waals surface area (Å²) in [5, 5.41) is 8.10. The first kappa shape index (κ1) is 6.47. The fraction of sp³-hybridized carbons (Fsp3) is 0. The first-order valence-electron chi connectivity index (χ1n) is 2.39. The van der Waals surface area contributed by atoms with Crippen LogP contribution >= 0.6 is 0 Å². The van der Waals surface area contributed by atoms with Gasteiger partial charge in [-0.2, -0.15) is 0 Å². The zero-order valence-electron chi connectivity index (χ0n) is 4.77. The van der Waals surface area contributed by atoms with Crippen LogP contribution in [-0.2, 0) is 4.79 Å². The molecule has 0 atom stereocenters. The van der Waals surface area contributed by atoms with Crippen molar-refractivity contribution in [1.82, 2.24) is 4.98 Å². The van der Waals surface area contributed by atoms with Crippen LogP contribution in [0.25, 0.3) is 0 Å². The van der Waals surface area contributed by atoms with Crippen LogP contribution in [-0.4, -0.2) is 21.8 Å². The van der Waals surface area contributed by atoms with Gasteiger partial charge < -0.3 is 9.52 Å². The van der Waals surface area contributed by atoms with Crippen molar-refractivity contribution >= 4 is 11.8 Å². The van der Waals surface area contributed by atoms with Crippen molar-refractivity contribution in [2.24, 2.45) is 0 Å². The Balaban J connectivity index is 2.88. The van der Waals surface area contributed by atoms with Crippen molar-refractivity contribution in [2.45, 2.75) is 0 Å². The molecule has 52 valence electrons. The van der Waals surface area contributed by atoms with Crippen molar-refractivity contribution in [3.05, 3.63) is 18.4 Å². The second-order valence-electron chi connectivity index (χ2n) is 1.47. The van der Waals surface area contributed by atoms with Gasteiger partial charge in [-0.1, -0.05) is 0 Å². The summed E-state index contributed by atoms with van der Waals surface area (Å²) < 4.78 is 4.42. The van der Waals surface area contributed by atoms with E-state index in [0.717, 1.165) is 6.26 Å². The van der Waals surface area contributed by atoms with Gasteiger partial charge >= 0.3 is 11.8 Å². The zero-order chi connectivity index (χ0) is 7.56. The minimum absolute atomic E-state index is 0.396. The molecule has 5 heteroatoms. The number of hydrogen-bond donors (Lipinski definition) is 1. The maximum atomic E-state index is 10.4. The van der Waals surface area contributed by atoms with Crippen LogP contribution in [0.2, 0.25) is 0 Å². The molecule has 0 aromatic carbocycles. The zero-order valence-corrected chi connectivity index (χ0v) is 4.77. The molecule has 0 radical (unpaired) electrons. The summed E-state index contributed by atoms with van der Waals surface area (Å²) in [6, 6.07) is 0. The van der Waals surface area contributed by atoms with Crippen molar-refractivity contribution in [3.63, 3.8) is 0 Å². The van der Waals surface area contributed by atoms with E-state index in [-0.39, 0.29) is 0 Å². The van der Waals surface area contributed by atoms with Gasteiger partial charge in [0.15, 0.2) is 0 Å². The molecular weight excluding hydrogens is 138 g/mol. The summed E-state index contributed by atoms with van der Waals surface area (Å²) in [6.45, 7) is 0. The monoisotopic (exact) mass is 141 g/mol. The number of carbonyl (C=O) groups excluding carboxylic acids is 1. The Morgan fingerprint density at radius 1 is 1.60 bits per heavy atom. The first-order valence-corrected chi connectivity index (χ1v) is 2.39. The molecule has 0 saturated heterocycles. The number of aromatic nitrogens is 1. The summed E-state index contributed by atoms with van der Waals surface area (Å²) in [7, 11) is 0. The van der Waals surface area contributed by atoms with E-state index in [1.54, 1.807) is 0 Å². The fourth-order valence-corrected chi connectivity index (χ4v) is 0.427. The molecule has 1 rings (SSSR count). The van der Waals surface area contributed by atoms with E-state index in [2.05, 4.69) is 9.40 Å². The summed E-state index contributed by atoms with van der Waals surface area (Å²) in [5.41, 5.74) is 0. The molecule has 10 heavy (non-hydrogen) atoms. The Kier molecular flexibility index (Phi) is 1.49. The Hall–Kier alpha value is -1.65. The van der Waals surface area contributed by atoms with Gasteiger partial charge in [-0.25, -0.2) is 9.78 Å². The number of oxazole rings is 1. The average molecular weight is 141 g/mol. The smallest absolute Gasteiger partial charge is 0.382 e. The third kappa shape index (κ3) is 1.02. The Morgan fingerprint density at radius 2 is 2.30 bits per heavy atom. The topological polar surface area (TPSA) is 80.4 Å². The molecule has 1 aromatic rings. The van der Waals surface area contributed by atoms with Crippen LogP contribution in [0.5, 0.6) is 0 Å². The summed E-state index contributed by atoms with van der Waals surface area (Å²) >= 11 is 0. The van der Waals surface area contributed by atoms with Crippen LogP contribution in [0.4, 0.5) is 0 Å². The van der Waals surface area contributed by atoms with E-state index in [4.69, 9.17) is 5.11 Å². The van der Waals surface area contributed by atoms with Gasteiger partial charge in [-0.15, -0.1) is 0 Å². The standard InChI is InChI=1S/C5H3NO4/c7-3(5(8)9)4-6-1-2-10-4/h1-2H,(H,8,9). The van der Waals surface area contributed by atoms with Crippen LogP contribution < -0.4 is 0 Å². The minimum atomic E-state index is -1.57. The minimum Gasteiger partial charge on any atom is -0.475 e. The van der Waals surface area contributed by atoms with Crippen LogP contribution in [0.3, 0.4) is 0 Å². The molecule has 0 bridgehead atoms. The fourth-order valence-electron chi connectivity index (χ4n) is 0.427. The van der Waals surface area contributed by atoms with Gasteiger partial charge in [0.1, 0.15) is 6.26 Å². The Bertz CT molecular complexity index is 251.